The van der Waals surface area contributed by atoms with Crippen molar-refractivity contribution in [3.63, 3.8) is 0 Å². The third-order valence-corrected chi connectivity index (χ3v) is 4.34. The minimum absolute atomic E-state index is 0.277. The van der Waals surface area contributed by atoms with Crippen molar-refractivity contribution in [2.24, 2.45) is 11.1 Å². The van der Waals surface area contributed by atoms with Crippen LogP contribution in [0.5, 0.6) is 5.75 Å². The van der Waals surface area contributed by atoms with Crippen molar-refractivity contribution in [1.29, 1.82) is 0 Å². The first-order chi connectivity index (χ1) is 9.22. The Hall–Kier alpha value is -1.35. The second-order valence-electron chi connectivity index (χ2n) is 5.46. The van der Waals surface area contributed by atoms with E-state index >= 15 is 0 Å². The maximum Gasteiger partial charge on any atom is 0.144 e. The molecule has 0 bridgehead atoms. The summed E-state index contributed by atoms with van der Waals surface area (Å²) in [6.07, 6.45) is 5.78. The molecule has 3 nitrogen and oxygen atoms in total. The molecule has 0 atom stereocenters. The summed E-state index contributed by atoms with van der Waals surface area (Å²) < 4.78 is 5.32. The van der Waals surface area contributed by atoms with E-state index < -0.39 is 0 Å². The van der Waals surface area contributed by atoms with Gasteiger partial charge in [-0.2, -0.15) is 0 Å². The molecular weight excluding hydrogens is 238 g/mol. The standard InChI is InChI=1S/C16H23NO2/c1-19-14-8-4-3-7-13(14)11-15(18)16(12-17)9-5-2-6-10-16/h3-4,7-8H,2,5-6,9-12,17H2,1H3. The first kappa shape index (κ1) is 14.1. The van der Waals surface area contributed by atoms with Gasteiger partial charge in [0.1, 0.15) is 11.5 Å². The van der Waals surface area contributed by atoms with Crippen LogP contribution in [0.2, 0.25) is 0 Å². The van der Waals surface area contributed by atoms with Crippen molar-refractivity contribution in [3.8, 4) is 5.75 Å². The minimum Gasteiger partial charge on any atom is -0.496 e. The molecule has 2 rings (SSSR count). The number of ether oxygens (including phenoxy) is 1. The molecular formula is C16H23NO2. The molecule has 0 heterocycles. The van der Waals surface area contributed by atoms with Gasteiger partial charge in [-0.3, -0.25) is 4.79 Å². The summed E-state index contributed by atoms with van der Waals surface area (Å²) in [7, 11) is 1.64. The molecule has 0 amide bonds. The molecule has 104 valence electrons. The van der Waals surface area contributed by atoms with E-state index in [9.17, 15) is 4.79 Å². The summed E-state index contributed by atoms with van der Waals surface area (Å²) in [6, 6.07) is 7.73. The largest absolute Gasteiger partial charge is 0.496 e. The van der Waals surface area contributed by atoms with Crippen LogP contribution in [0.1, 0.15) is 37.7 Å². The maximum atomic E-state index is 12.7. The van der Waals surface area contributed by atoms with Gasteiger partial charge in [-0.25, -0.2) is 0 Å². The number of hydrogen-bond donors (Lipinski definition) is 1. The van der Waals surface area contributed by atoms with Gasteiger partial charge >= 0.3 is 0 Å². The molecule has 0 saturated heterocycles. The monoisotopic (exact) mass is 261 g/mol. The average molecular weight is 261 g/mol. The van der Waals surface area contributed by atoms with E-state index in [1.807, 2.05) is 24.3 Å². The fourth-order valence-corrected chi connectivity index (χ4v) is 3.03. The summed E-state index contributed by atoms with van der Waals surface area (Å²) in [5.74, 6) is 1.07. The molecule has 1 aliphatic rings. The Balaban J connectivity index is 2.15. The fraction of sp³-hybridized carbons (Fsp3) is 0.562. The van der Waals surface area contributed by atoms with Gasteiger partial charge in [0.2, 0.25) is 0 Å². The van der Waals surface area contributed by atoms with Crippen LogP contribution in [0.25, 0.3) is 0 Å². The van der Waals surface area contributed by atoms with Crippen molar-refractivity contribution < 1.29 is 9.53 Å². The zero-order valence-electron chi connectivity index (χ0n) is 11.7. The van der Waals surface area contributed by atoms with Gasteiger partial charge in [0.15, 0.2) is 0 Å². The average Bonchev–Trinajstić information content (AvgIpc) is 2.48. The molecule has 1 saturated carbocycles. The Morgan fingerprint density at radius 2 is 1.95 bits per heavy atom. The molecule has 0 aromatic heterocycles. The van der Waals surface area contributed by atoms with Crippen LogP contribution in [-0.2, 0) is 11.2 Å². The topological polar surface area (TPSA) is 52.3 Å². The molecule has 0 spiro atoms. The molecule has 0 aliphatic heterocycles. The van der Waals surface area contributed by atoms with Gasteiger partial charge < -0.3 is 10.5 Å². The van der Waals surface area contributed by atoms with Crippen LogP contribution in [0, 0.1) is 5.41 Å². The molecule has 2 N–H and O–H groups in total. The maximum absolute atomic E-state index is 12.7. The van der Waals surface area contributed by atoms with E-state index in [-0.39, 0.29) is 11.2 Å². The van der Waals surface area contributed by atoms with Crippen LogP contribution in [-0.4, -0.2) is 19.4 Å². The quantitative estimate of drug-likeness (QED) is 0.886. The van der Waals surface area contributed by atoms with Gasteiger partial charge in [-0.05, 0) is 18.9 Å². The second kappa shape index (κ2) is 6.20. The van der Waals surface area contributed by atoms with Crippen molar-refractivity contribution in [2.45, 2.75) is 38.5 Å². The number of ketones is 1. The van der Waals surface area contributed by atoms with Crippen LogP contribution >= 0.6 is 0 Å². The number of carbonyl (C=O) groups excluding carboxylic acids is 1. The summed E-state index contributed by atoms with van der Waals surface area (Å²) in [5.41, 5.74) is 6.58. The molecule has 1 aliphatic carbocycles. The highest BCUT2D eigenvalue weighted by Crippen LogP contribution is 2.37. The van der Waals surface area contributed by atoms with Crippen LogP contribution in [0.3, 0.4) is 0 Å². The molecule has 3 heteroatoms. The number of methoxy groups -OCH3 is 1. The highest BCUT2D eigenvalue weighted by atomic mass is 16.5. The Labute approximate surface area is 115 Å². The van der Waals surface area contributed by atoms with E-state index in [0.29, 0.717) is 13.0 Å². The van der Waals surface area contributed by atoms with E-state index in [2.05, 4.69) is 0 Å². The van der Waals surface area contributed by atoms with Crippen molar-refractivity contribution >= 4 is 5.78 Å². The minimum atomic E-state index is -0.293. The lowest BCUT2D eigenvalue weighted by Crippen LogP contribution is -2.41. The van der Waals surface area contributed by atoms with E-state index in [0.717, 1.165) is 37.0 Å². The Morgan fingerprint density at radius 3 is 2.58 bits per heavy atom. The fourth-order valence-electron chi connectivity index (χ4n) is 3.03. The normalized spacial score (nSPS) is 18.0. The van der Waals surface area contributed by atoms with Gasteiger partial charge in [0.05, 0.1) is 7.11 Å². The zero-order chi connectivity index (χ0) is 13.7. The van der Waals surface area contributed by atoms with Gasteiger partial charge in [-0.1, -0.05) is 37.5 Å². The van der Waals surface area contributed by atoms with Crippen molar-refractivity contribution in [3.05, 3.63) is 29.8 Å². The lowest BCUT2D eigenvalue weighted by Gasteiger charge is -2.34. The summed E-state index contributed by atoms with van der Waals surface area (Å²) >= 11 is 0. The molecule has 1 aromatic rings. The predicted octanol–water partition coefficient (Wildman–Crippen LogP) is 2.72. The Morgan fingerprint density at radius 1 is 1.26 bits per heavy atom. The smallest absolute Gasteiger partial charge is 0.144 e. The highest BCUT2D eigenvalue weighted by Gasteiger charge is 2.37. The molecule has 19 heavy (non-hydrogen) atoms. The molecule has 1 fully saturated rings. The number of nitrogens with two attached hydrogens (primary N) is 1. The molecule has 0 radical (unpaired) electrons. The van der Waals surface area contributed by atoms with Crippen molar-refractivity contribution in [1.82, 2.24) is 0 Å². The number of Topliss-reactive ketones (excluding diaryl/α,β-unsaturated/α-hetero) is 1. The van der Waals surface area contributed by atoms with E-state index in [1.165, 1.54) is 6.42 Å². The number of carbonyl (C=O) groups is 1. The van der Waals surface area contributed by atoms with Gasteiger partial charge in [0.25, 0.3) is 0 Å². The zero-order valence-corrected chi connectivity index (χ0v) is 11.7. The summed E-state index contributed by atoms with van der Waals surface area (Å²) in [4.78, 5) is 12.7. The number of benzene rings is 1. The molecule has 0 unspecified atom stereocenters. The molecule has 1 aromatic carbocycles. The summed E-state index contributed by atoms with van der Waals surface area (Å²) in [5, 5.41) is 0. The summed E-state index contributed by atoms with van der Waals surface area (Å²) in [6.45, 7) is 0.473. The SMILES string of the molecule is COc1ccccc1CC(=O)C1(CN)CCCCC1. The van der Waals surface area contributed by atoms with Gasteiger partial charge in [-0.15, -0.1) is 0 Å². The highest BCUT2D eigenvalue weighted by molar-refractivity contribution is 5.87. The van der Waals surface area contributed by atoms with E-state index in [4.69, 9.17) is 10.5 Å². The Kier molecular flexibility index (Phi) is 4.59. The van der Waals surface area contributed by atoms with Crippen LogP contribution in [0.4, 0.5) is 0 Å². The van der Waals surface area contributed by atoms with E-state index in [1.54, 1.807) is 7.11 Å². The lowest BCUT2D eigenvalue weighted by atomic mass is 9.70. The van der Waals surface area contributed by atoms with Crippen LogP contribution < -0.4 is 10.5 Å². The number of para-hydroxylation sites is 1. The van der Waals surface area contributed by atoms with Crippen LogP contribution in [0.15, 0.2) is 24.3 Å². The number of hydrogen-bond acceptors (Lipinski definition) is 3. The Bertz CT molecular complexity index is 436. The second-order valence-corrected chi connectivity index (χ2v) is 5.46. The van der Waals surface area contributed by atoms with Gasteiger partial charge in [0, 0.05) is 23.9 Å². The van der Waals surface area contributed by atoms with Crippen molar-refractivity contribution in [2.75, 3.05) is 13.7 Å². The third kappa shape index (κ3) is 2.98. The predicted molar refractivity (Wildman–Crippen MR) is 76.3 cm³/mol. The third-order valence-electron chi connectivity index (χ3n) is 4.34. The first-order valence-electron chi connectivity index (χ1n) is 7.07. The first-order valence-corrected chi connectivity index (χ1v) is 7.07. The lowest BCUT2D eigenvalue weighted by molar-refractivity contribution is -0.129. The number of rotatable bonds is 5.